The summed E-state index contributed by atoms with van der Waals surface area (Å²) in [4.78, 5) is 0. The summed E-state index contributed by atoms with van der Waals surface area (Å²) in [5, 5.41) is 3.20. The monoisotopic (exact) mass is 174 g/mol. The van der Waals surface area contributed by atoms with E-state index < -0.39 is 0 Å². The largest absolute Gasteiger partial charge is 0.371 e. The van der Waals surface area contributed by atoms with Crippen LogP contribution in [0, 0.1) is 0 Å². The second-order valence-corrected chi connectivity index (χ2v) is 2.93. The van der Waals surface area contributed by atoms with Crippen molar-refractivity contribution in [3.05, 3.63) is 0 Å². The second-order valence-electron chi connectivity index (χ2n) is 2.93. The topological polar surface area (TPSA) is 59.8 Å². The first-order valence-electron chi connectivity index (χ1n) is 4.53. The van der Waals surface area contributed by atoms with E-state index in [4.69, 9.17) is 15.2 Å². The quantitative estimate of drug-likeness (QED) is 0.410. The van der Waals surface area contributed by atoms with Crippen LogP contribution in [0.1, 0.15) is 13.3 Å². The van der Waals surface area contributed by atoms with Crippen molar-refractivity contribution in [2.75, 3.05) is 26.3 Å². The lowest BCUT2D eigenvalue weighted by molar-refractivity contribution is 0.0193. The Morgan fingerprint density at radius 1 is 1.75 bits per heavy atom. The van der Waals surface area contributed by atoms with Crippen molar-refractivity contribution in [2.24, 2.45) is 5.73 Å². The third kappa shape index (κ3) is 4.01. The van der Waals surface area contributed by atoms with Gasteiger partial charge in [0.2, 0.25) is 0 Å². The van der Waals surface area contributed by atoms with E-state index in [1.165, 1.54) is 0 Å². The van der Waals surface area contributed by atoms with Gasteiger partial charge < -0.3 is 15.2 Å². The molecular formula is C8H18N2O2. The minimum absolute atomic E-state index is 0.137. The number of epoxide rings is 1. The van der Waals surface area contributed by atoms with Crippen molar-refractivity contribution in [3.8, 4) is 0 Å². The summed E-state index contributed by atoms with van der Waals surface area (Å²) in [6.45, 7) is 5.11. The van der Waals surface area contributed by atoms with Crippen molar-refractivity contribution in [1.82, 2.24) is 5.32 Å². The Hall–Kier alpha value is -0.160. The van der Waals surface area contributed by atoms with Crippen LogP contribution in [0.5, 0.6) is 0 Å². The molecule has 0 saturated carbocycles. The van der Waals surface area contributed by atoms with Crippen LogP contribution in [-0.4, -0.2) is 38.6 Å². The summed E-state index contributed by atoms with van der Waals surface area (Å²) in [5.41, 5.74) is 5.36. The lowest BCUT2D eigenvalue weighted by Crippen LogP contribution is -2.35. The summed E-state index contributed by atoms with van der Waals surface area (Å²) >= 11 is 0. The first kappa shape index (κ1) is 9.92. The van der Waals surface area contributed by atoms with Gasteiger partial charge in [0.25, 0.3) is 0 Å². The molecule has 2 atom stereocenters. The highest BCUT2D eigenvalue weighted by Crippen LogP contribution is 2.09. The normalized spacial score (nSPS) is 24.0. The Kier molecular flexibility index (Phi) is 4.53. The standard InChI is InChI=1S/C8H18N2O2/c1-2-8(10-4-3-9)12-6-7-5-11-7/h7-8,10H,2-6,9H2,1H3. The molecule has 0 spiro atoms. The van der Waals surface area contributed by atoms with Gasteiger partial charge in [0.05, 0.1) is 13.2 Å². The molecule has 1 aliphatic rings. The molecule has 0 bridgehead atoms. The van der Waals surface area contributed by atoms with Crippen LogP contribution >= 0.6 is 0 Å². The van der Waals surface area contributed by atoms with Gasteiger partial charge in [0.1, 0.15) is 12.3 Å². The Labute approximate surface area is 73.4 Å². The number of hydrogen-bond donors (Lipinski definition) is 2. The summed E-state index contributed by atoms with van der Waals surface area (Å²) in [7, 11) is 0. The lowest BCUT2D eigenvalue weighted by Gasteiger charge is -2.16. The fourth-order valence-corrected chi connectivity index (χ4v) is 0.953. The fourth-order valence-electron chi connectivity index (χ4n) is 0.953. The third-order valence-corrected chi connectivity index (χ3v) is 1.77. The highest BCUT2D eigenvalue weighted by molar-refractivity contribution is 4.68. The molecule has 4 nitrogen and oxygen atoms in total. The summed E-state index contributed by atoms with van der Waals surface area (Å²) in [6, 6.07) is 0. The van der Waals surface area contributed by atoms with E-state index in [1.807, 2.05) is 0 Å². The van der Waals surface area contributed by atoms with Gasteiger partial charge in [-0.15, -0.1) is 0 Å². The molecular weight excluding hydrogens is 156 g/mol. The zero-order valence-electron chi connectivity index (χ0n) is 7.58. The van der Waals surface area contributed by atoms with Crippen LogP contribution < -0.4 is 11.1 Å². The molecule has 72 valence electrons. The molecule has 2 unspecified atom stereocenters. The van der Waals surface area contributed by atoms with Crippen LogP contribution in [-0.2, 0) is 9.47 Å². The van der Waals surface area contributed by atoms with Crippen LogP contribution in [0.3, 0.4) is 0 Å². The molecule has 0 aromatic rings. The van der Waals surface area contributed by atoms with Crippen molar-refractivity contribution in [2.45, 2.75) is 25.7 Å². The molecule has 0 aromatic heterocycles. The molecule has 1 aliphatic heterocycles. The lowest BCUT2D eigenvalue weighted by atomic mass is 10.4. The van der Waals surface area contributed by atoms with Gasteiger partial charge in [-0.05, 0) is 6.42 Å². The number of nitrogens with one attached hydrogen (secondary N) is 1. The SMILES string of the molecule is CCC(NCCN)OCC1CO1. The van der Waals surface area contributed by atoms with Crippen LogP contribution in [0.4, 0.5) is 0 Å². The summed E-state index contributed by atoms with van der Waals surface area (Å²) in [5.74, 6) is 0. The predicted molar refractivity (Wildman–Crippen MR) is 46.8 cm³/mol. The fraction of sp³-hybridized carbons (Fsp3) is 1.00. The highest BCUT2D eigenvalue weighted by Gasteiger charge is 2.23. The van der Waals surface area contributed by atoms with Crippen molar-refractivity contribution in [1.29, 1.82) is 0 Å². The first-order valence-corrected chi connectivity index (χ1v) is 4.53. The number of ether oxygens (including phenoxy) is 2. The van der Waals surface area contributed by atoms with Crippen LogP contribution in [0.25, 0.3) is 0 Å². The minimum atomic E-state index is 0.137. The van der Waals surface area contributed by atoms with E-state index in [1.54, 1.807) is 0 Å². The maximum absolute atomic E-state index is 5.53. The zero-order chi connectivity index (χ0) is 8.81. The van der Waals surface area contributed by atoms with E-state index in [9.17, 15) is 0 Å². The molecule has 0 radical (unpaired) electrons. The van der Waals surface area contributed by atoms with Crippen LogP contribution in [0.15, 0.2) is 0 Å². The number of rotatable bonds is 7. The van der Waals surface area contributed by atoms with Gasteiger partial charge in [-0.25, -0.2) is 0 Å². The van der Waals surface area contributed by atoms with Gasteiger partial charge in [-0.2, -0.15) is 0 Å². The molecule has 1 fully saturated rings. The zero-order valence-corrected chi connectivity index (χ0v) is 7.58. The average Bonchev–Trinajstić information content (AvgIpc) is 2.89. The summed E-state index contributed by atoms with van der Waals surface area (Å²) < 4.78 is 10.6. The van der Waals surface area contributed by atoms with Gasteiger partial charge in [0, 0.05) is 13.1 Å². The average molecular weight is 174 g/mol. The highest BCUT2D eigenvalue weighted by atomic mass is 16.6. The molecule has 1 heterocycles. The van der Waals surface area contributed by atoms with E-state index in [0.717, 1.165) is 19.6 Å². The Morgan fingerprint density at radius 3 is 3.00 bits per heavy atom. The molecule has 1 rings (SSSR count). The number of nitrogens with two attached hydrogens (primary N) is 1. The van der Waals surface area contributed by atoms with E-state index in [0.29, 0.717) is 19.3 Å². The smallest absolute Gasteiger partial charge is 0.108 e. The molecule has 3 N–H and O–H groups in total. The van der Waals surface area contributed by atoms with Crippen molar-refractivity contribution < 1.29 is 9.47 Å². The first-order chi connectivity index (χ1) is 5.86. The Bertz CT molecular complexity index is 118. The second kappa shape index (κ2) is 5.48. The van der Waals surface area contributed by atoms with Gasteiger partial charge in [-0.1, -0.05) is 6.92 Å². The van der Waals surface area contributed by atoms with Gasteiger partial charge >= 0.3 is 0 Å². The van der Waals surface area contributed by atoms with Crippen LogP contribution in [0.2, 0.25) is 0 Å². The van der Waals surface area contributed by atoms with E-state index in [-0.39, 0.29) is 6.23 Å². The van der Waals surface area contributed by atoms with Gasteiger partial charge in [-0.3, -0.25) is 5.32 Å². The Balaban J connectivity index is 1.98. The molecule has 0 aromatic carbocycles. The van der Waals surface area contributed by atoms with Crippen molar-refractivity contribution in [3.63, 3.8) is 0 Å². The van der Waals surface area contributed by atoms with E-state index >= 15 is 0 Å². The van der Waals surface area contributed by atoms with Gasteiger partial charge in [0.15, 0.2) is 0 Å². The third-order valence-electron chi connectivity index (χ3n) is 1.77. The predicted octanol–water partition coefficient (Wildman–Crippen LogP) is -0.314. The molecule has 0 amide bonds. The summed E-state index contributed by atoms with van der Waals surface area (Å²) in [6.07, 6.45) is 1.45. The molecule has 12 heavy (non-hydrogen) atoms. The van der Waals surface area contributed by atoms with E-state index in [2.05, 4.69) is 12.2 Å². The van der Waals surface area contributed by atoms with Crippen molar-refractivity contribution >= 4 is 0 Å². The minimum Gasteiger partial charge on any atom is -0.371 e. The number of hydrogen-bond acceptors (Lipinski definition) is 4. The molecule has 0 aliphatic carbocycles. The molecule has 1 saturated heterocycles. The maximum Gasteiger partial charge on any atom is 0.108 e. The maximum atomic E-state index is 5.53. The Morgan fingerprint density at radius 2 is 2.50 bits per heavy atom. The molecule has 4 heteroatoms.